The van der Waals surface area contributed by atoms with Crippen LogP contribution in [0.5, 0.6) is 0 Å². The van der Waals surface area contributed by atoms with Crippen LogP contribution in [-0.4, -0.2) is 27.4 Å². The van der Waals surface area contributed by atoms with Gasteiger partial charge < -0.3 is 10.3 Å². The lowest BCUT2D eigenvalue weighted by Gasteiger charge is -2.09. The summed E-state index contributed by atoms with van der Waals surface area (Å²) >= 11 is 0. The van der Waals surface area contributed by atoms with Crippen LogP contribution in [0, 0.1) is 0 Å². The highest BCUT2D eigenvalue weighted by molar-refractivity contribution is 6.03. The first-order valence-corrected chi connectivity index (χ1v) is 6.78. The Morgan fingerprint density at radius 1 is 1.35 bits per heavy atom. The largest absolute Gasteiger partial charge is 0.370 e. The molecule has 0 spiro atoms. The zero-order valence-corrected chi connectivity index (χ0v) is 11.7. The molecule has 2 aromatic rings. The molecule has 0 aliphatic rings. The quantitative estimate of drug-likeness (QED) is 0.755. The predicted molar refractivity (Wildman–Crippen MR) is 78.9 cm³/mol. The predicted octanol–water partition coefficient (Wildman–Crippen LogP) is 2.44. The number of imidazole rings is 1. The summed E-state index contributed by atoms with van der Waals surface area (Å²) in [7, 11) is 0. The fourth-order valence-corrected chi connectivity index (χ4v) is 1.89. The number of hydrogen-bond donors (Lipinski definition) is 3. The Balaban J connectivity index is 2.22. The molecule has 6 heteroatoms. The van der Waals surface area contributed by atoms with E-state index in [-0.39, 0.29) is 5.91 Å². The molecule has 0 radical (unpaired) electrons. The summed E-state index contributed by atoms with van der Waals surface area (Å²) in [4.78, 5) is 23.5. The van der Waals surface area contributed by atoms with Gasteiger partial charge in [0.25, 0.3) is 5.91 Å². The SMILES string of the molecule is CCCc1cc(C(=O)Nc2ncc[nH]2)cc(NCC)n1. The van der Waals surface area contributed by atoms with Gasteiger partial charge in [0.15, 0.2) is 0 Å². The maximum atomic E-state index is 12.2. The highest BCUT2D eigenvalue weighted by Gasteiger charge is 2.11. The van der Waals surface area contributed by atoms with E-state index in [0.717, 1.165) is 30.9 Å². The van der Waals surface area contributed by atoms with Crippen molar-refractivity contribution < 1.29 is 4.79 Å². The summed E-state index contributed by atoms with van der Waals surface area (Å²) in [6.45, 7) is 4.85. The van der Waals surface area contributed by atoms with Crippen LogP contribution in [0.4, 0.5) is 11.8 Å². The average molecular weight is 273 g/mol. The van der Waals surface area contributed by atoms with Crippen LogP contribution in [0.25, 0.3) is 0 Å². The molecule has 1 amide bonds. The molecule has 0 aliphatic heterocycles. The molecule has 2 heterocycles. The Morgan fingerprint density at radius 2 is 2.20 bits per heavy atom. The van der Waals surface area contributed by atoms with Crippen LogP contribution in [0.1, 0.15) is 36.3 Å². The fourth-order valence-electron chi connectivity index (χ4n) is 1.89. The third-order valence-electron chi connectivity index (χ3n) is 2.73. The van der Waals surface area contributed by atoms with E-state index in [1.807, 2.05) is 13.0 Å². The number of hydrogen-bond acceptors (Lipinski definition) is 4. The zero-order chi connectivity index (χ0) is 14.4. The number of nitrogens with zero attached hydrogens (tertiary/aromatic N) is 2. The Bertz CT molecular complexity index is 541. The number of aromatic amines is 1. The normalized spacial score (nSPS) is 10.3. The van der Waals surface area contributed by atoms with Crippen LogP contribution in [0.2, 0.25) is 0 Å². The van der Waals surface area contributed by atoms with Gasteiger partial charge in [-0.2, -0.15) is 0 Å². The molecule has 0 saturated carbocycles. The molecule has 2 aromatic heterocycles. The van der Waals surface area contributed by atoms with Gasteiger partial charge in [-0.25, -0.2) is 9.97 Å². The standard InChI is InChI=1S/C14H19N5O/c1-3-5-11-8-10(9-12(18-11)15-4-2)13(20)19-14-16-6-7-17-14/h6-9H,3-5H2,1-2H3,(H,15,18)(H2,16,17,19,20). The minimum Gasteiger partial charge on any atom is -0.370 e. The number of carbonyl (C=O) groups excluding carboxylic acids is 1. The molecule has 0 unspecified atom stereocenters. The summed E-state index contributed by atoms with van der Waals surface area (Å²) in [5.74, 6) is 0.968. The molecule has 20 heavy (non-hydrogen) atoms. The van der Waals surface area contributed by atoms with Crippen molar-refractivity contribution in [3.05, 3.63) is 35.8 Å². The lowest BCUT2D eigenvalue weighted by atomic mass is 10.1. The van der Waals surface area contributed by atoms with Crippen molar-refractivity contribution in [1.29, 1.82) is 0 Å². The third kappa shape index (κ3) is 3.57. The average Bonchev–Trinajstić information content (AvgIpc) is 2.92. The van der Waals surface area contributed by atoms with Crippen molar-refractivity contribution in [3.8, 4) is 0 Å². The van der Waals surface area contributed by atoms with Crippen LogP contribution in [-0.2, 0) is 6.42 Å². The Labute approximate surface area is 118 Å². The molecule has 0 bridgehead atoms. The Morgan fingerprint density at radius 3 is 2.85 bits per heavy atom. The molecule has 0 aliphatic carbocycles. The van der Waals surface area contributed by atoms with E-state index in [4.69, 9.17) is 0 Å². The first-order valence-electron chi connectivity index (χ1n) is 6.78. The zero-order valence-electron chi connectivity index (χ0n) is 11.7. The van der Waals surface area contributed by atoms with Gasteiger partial charge in [-0.15, -0.1) is 0 Å². The second-order valence-corrected chi connectivity index (χ2v) is 4.40. The van der Waals surface area contributed by atoms with Gasteiger partial charge in [0, 0.05) is 30.2 Å². The Kier molecular flexibility index (Phi) is 4.70. The smallest absolute Gasteiger partial charge is 0.258 e. The summed E-state index contributed by atoms with van der Waals surface area (Å²) < 4.78 is 0. The van der Waals surface area contributed by atoms with E-state index in [1.54, 1.807) is 18.5 Å². The fraction of sp³-hybridized carbons (Fsp3) is 0.357. The highest BCUT2D eigenvalue weighted by Crippen LogP contribution is 2.13. The van der Waals surface area contributed by atoms with Crippen molar-refractivity contribution >= 4 is 17.7 Å². The maximum absolute atomic E-state index is 12.2. The molecule has 0 atom stereocenters. The van der Waals surface area contributed by atoms with E-state index in [2.05, 4.69) is 32.5 Å². The summed E-state index contributed by atoms with van der Waals surface area (Å²) in [5, 5.41) is 5.86. The first-order chi connectivity index (χ1) is 9.72. The van der Waals surface area contributed by atoms with Crippen LogP contribution in [0.15, 0.2) is 24.5 Å². The number of aromatic nitrogens is 3. The molecule has 0 saturated heterocycles. The van der Waals surface area contributed by atoms with Gasteiger partial charge in [-0.3, -0.25) is 10.1 Å². The Hall–Kier alpha value is -2.37. The van der Waals surface area contributed by atoms with E-state index in [1.165, 1.54) is 0 Å². The van der Waals surface area contributed by atoms with E-state index in [0.29, 0.717) is 11.5 Å². The molecular weight excluding hydrogens is 254 g/mol. The van der Waals surface area contributed by atoms with Crippen molar-refractivity contribution in [3.63, 3.8) is 0 Å². The maximum Gasteiger partial charge on any atom is 0.258 e. The molecule has 3 N–H and O–H groups in total. The van der Waals surface area contributed by atoms with E-state index >= 15 is 0 Å². The highest BCUT2D eigenvalue weighted by atomic mass is 16.1. The second kappa shape index (κ2) is 6.70. The summed E-state index contributed by atoms with van der Waals surface area (Å²) in [6.07, 6.45) is 5.09. The van der Waals surface area contributed by atoms with E-state index in [9.17, 15) is 4.79 Å². The minimum absolute atomic E-state index is 0.196. The molecule has 0 fully saturated rings. The number of aryl methyl sites for hydroxylation is 1. The molecular formula is C14H19N5O. The monoisotopic (exact) mass is 273 g/mol. The number of rotatable bonds is 6. The second-order valence-electron chi connectivity index (χ2n) is 4.40. The number of nitrogens with one attached hydrogen (secondary N) is 3. The van der Waals surface area contributed by atoms with Crippen LogP contribution < -0.4 is 10.6 Å². The molecule has 0 aromatic carbocycles. The van der Waals surface area contributed by atoms with Gasteiger partial charge >= 0.3 is 0 Å². The van der Waals surface area contributed by atoms with Gasteiger partial charge in [0.05, 0.1) is 0 Å². The van der Waals surface area contributed by atoms with Crippen molar-refractivity contribution in [1.82, 2.24) is 15.0 Å². The molecule has 106 valence electrons. The lowest BCUT2D eigenvalue weighted by molar-refractivity contribution is 0.102. The lowest BCUT2D eigenvalue weighted by Crippen LogP contribution is -2.14. The molecule has 2 rings (SSSR count). The van der Waals surface area contributed by atoms with Crippen molar-refractivity contribution in [2.75, 3.05) is 17.2 Å². The number of anilines is 2. The van der Waals surface area contributed by atoms with Crippen LogP contribution >= 0.6 is 0 Å². The van der Waals surface area contributed by atoms with E-state index < -0.39 is 0 Å². The van der Waals surface area contributed by atoms with Gasteiger partial charge in [-0.1, -0.05) is 13.3 Å². The summed E-state index contributed by atoms with van der Waals surface area (Å²) in [6, 6.07) is 3.57. The number of H-pyrrole nitrogens is 1. The summed E-state index contributed by atoms with van der Waals surface area (Å²) in [5.41, 5.74) is 1.49. The number of pyridine rings is 1. The van der Waals surface area contributed by atoms with Crippen molar-refractivity contribution in [2.45, 2.75) is 26.7 Å². The first kappa shape index (κ1) is 14.0. The van der Waals surface area contributed by atoms with Crippen molar-refractivity contribution in [2.24, 2.45) is 0 Å². The molecule has 6 nitrogen and oxygen atoms in total. The van der Waals surface area contributed by atoms with Gasteiger partial charge in [-0.05, 0) is 25.5 Å². The third-order valence-corrected chi connectivity index (χ3v) is 2.73. The number of carbonyl (C=O) groups is 1. The minimum atomic E-state index is -0.196. The number of amides is 1. The van der Waals surface area contributed by atoms with Gasteiger partial charge in [0.2, 0.25) is 5.95 Å². The van der Waals surface area contributed by atoms with Crippen LogP contribution in [0.3, 0.4) is 0 Å². The topological polar surface area (TPSA) is 82.7 Å². The van der Waals surface area contributed by atoms with Gasteiger partial charge in [0.1, 0.15) is 5.82 Å².